The number of nitrogens with two attached hydrogens (primary N) is 1. The summed E-state index contributed by atoms with van der Waals surface area (Å²) in [6.45, 7) is 0. The lowest BCUT2D eigenvalue weighted by atomic mass is 10.2. The quantitative estimate of drug-likeness (QED) is 0.567. The first-order chi connectivity index (χ1) is 7.34. The number of nitrogens with one attached hydrogen (secondary N) is 1. The molecule has 0 atom stereocenters. The maximum absolute atomic E-state index is 5.72. The molecule has 0 amide bonds. The van der Waals surface area contributed by atoms with Crippen molar-refractivity contribution in [1.82, 2.24) is 25.2 Å². The van der Waals surface area contributed by atoms with E-state index in [0.29, 0.717) is 11.5 Å². The SMILES string of the molecule is Nc1ccc2[nH]nc(-n3ccnn3)c2c1. The van der Waals surface area contributed by atoms with Crippen LogP contribution in [0.2, 0.25) is 0 Å². The molecule has 2 heterocycles. The molecule has 6 heteroatoms. The smallest absolute Gasteiger partial charge is 0.184 e. The van der Waals surface area contributed by atoms with Gasteiger partial charge in [0.15, 0.2) is 5.82 Å². The molecule has 0 radical (unpaired) electrons. The molecule has 3 N–H and O–H groups in total. The van der Waals surface area contributed by atoms with Crippen molar-refractivity contribution >= 4 is 16.6 Å². The second-order valence-corrected chi connectivity index (χ2v) is 3.20. The first-order valence-electron chi connectivity index (χ1n) is 4.45. The van der Waals surface area contributed by atoms with Gasteiger partial charge in [0.2, 0.25) is 0 Å². The second kappa shape index (κ2) is 2.81. The first kappa shape index (κ1) is 7.98. The summed E-state index contributed by atoms with van der Waals surface area (Å²) >= 11 is 0. The molecule has 0 fully saturated rings. The summed E-state index contributed by atoms with van der Waals surface area (Å²) in [5.41, 5.74) is 7.34. The summed E-state index contributed by atoms with van der Waals surface area (Å²) in [7, 11) is 0. The summed E-state index contributed by atoms with van der Waals surface area (Å²) in [6.07, 6.45) is 3.34. The second-order valence-electron chi connectivity index (χ2n) is 3.20. The van der Waals surface area contributed by atoms with Crippen LogP contribution >= 0.6 is 0 Å². The Bertz CT molecular complexity index is 594. The third-order valence-electron chi connectivity index (χ3n) is 2.21. The number of H-pyrrole nitrogens is 1. The normalized spacial score (nSPS) is 10.9. The minimum atomic E-state index is 0.699. The molecule has 0 unspecified atom stereocenters. The third-order valence-corrected chi connectivity index (χ3v) is 2.21. The largest absolute Gasteiger partial charge is 0.399 e. The highest BCUT2D eigenvalue weighted by Crippen LogP contribution is 2.20. The van der Waals surface area contributed by atoms with E-state index in [-0.39, 0.29) is 0 Å². The Hall–Kier alpha value is -2.37. The predicted molar refractivity (Wildman–Crippen MR) is 55.4 cm³/mol. The van der Waals surface area contributed by atoms with Crippen LogP contribution in [0.1, 0.15) is 0 Å². The Morgan fingerprint density at radius 2 is 2.27 bits per heavy atom. The number of hydrogen-bond acceptors (Lipinski definition) is 4. The summed E-state index contributed by atoms with van der Waals surface area (Å²) < 4.78 is 1.60. The van der Waals surface area contributed by atoms with Crippen molar-refractivity contribution in [3.8, 4) is 5.82 Å². The van der Waals surface area contributed by atoms with Crippen LogP contribution in [-0.2, 0) is 0 Å². The van der Waals surface area contributed by atoms with Gasteiger partial charge in [0.25, 0.3) is 0 Å². The van der Waals surface area contributed by atoms with Crippen LogP contribution in [0.15, 0.2) is 30.6 Å². The molecule has 0 saturated heterocycles. The van der Waals surface area contributed by atoms with Crippen molar-refractivity contribution < 1.29 is 0 Å². The van der Waals surface area contributed by atoms with Crippen LogP contribution in [-0.4, -0.2) is 25.2 Å². The van der Waals surface area contributed by atoms with E-state index in [0.717, 1.165) is 10.9 Å². The molecular weight excluding hydrogens is 192 g/mol. The zero-order valence-electron chi connectivity index (χ0n) is 7.75. The predicted octanol–water partition coefficient (Wildman–Crippen LogP) is 0.726. The van der Waals surface area contributed by atoms with Gasteiger partial charge in [-0.2, -0.15) is 9.78 Å². The Morgan fingerprint density at radius 1 is 1.33 bits per heavy atom. The number of nitrogens with zero attached hydrogens (tertiary/aromatic N) is 4. The average Bonchev–Trinajstić information content (AvgIpc) is 2.83. The number of hydrogen-bond donors (Lipinski definition) is 2. The van der Waals surface area contributed by atoms with Crippen LogP contribution in [0, 0.1) is 0 Å². The van der Waals surface area contributed by atoms with Gasteiger partial charge in [0.1, 0.15) is 0 Å². The molecule has 0 spiro atoms. The van der Waals surface area contributed by atoms with Gasteiger partial charge in [-0.15, -0.1) is 5.10 Å². The molecule has 0 bridgehead atoms. The number of fused-ring (bicyclic) bond motifs is 1. The van der Waals surface area contributed by atoms with E-state index in [4.69, 9.17) is 5.73 Å². The van der Waals surface area contributed by atoms with E-state index in [9.17, 15) is 0 Å². The Labute approximate surface area is 84.7 Å². The zero-order valence-corrected chi connectivity index (χ0v) is 7.75. The summed E-state index contributed by atoms with van der Waals surface area (Å²) in [5, 5.41) is 15.6. The van der Waals surface area contributed by atoms with Gasteiger partial charge in [0.05, 0.1) is 17.9 Å². The molecule has 0 aliphatic carbocycles. The van der Waals surface area contributed by atoms with Crippen molar-refractivity contribution in [2.75, 3.05) is 5.73 Å². The minimum Gasteiger partial charge on any atom is -0.399 e. The van der Waals surface area contributed by atoms with Crippen LogP contribution in [0.5, 0.6) is 0 Å². The van der Waals surface area contributed by atoms with Crippen molar-refractivity contribution in [1.29, 1.82) is 0 Å². The molecular formula is C9H8N6. The Balaban J connectivity index is 2.32. The number of rotatable bonds is 1. The fourth-order valence-corrected chi connectivity index (χ4v) is 1.51. The first-order valence-corrected chi connectivity index (χ1v) is 4.45. The van der Waals surface area contributed by atoms with Gasteiger partial charge in [-0.3, -0.25) is 5.10 Å². The number of aromatic amines is 1. The van der Waals surface area contributed by atoms with Crippen molar-refractivity contribution in [3.05, 3.63) is 30.6 Å². The summed E-state index contributed by atoms with van der Waals surface area (Å²) in [5.74, 6) is 0.704. The van der Waals surface area contributed by atoms with Crippen molar-refractivity contribution in [3.63, 3.8) is 0 Å². The van der Waals surface area contributed by atoms with Crippen molar-refractivity contribution in [2.24, 2.45) is 0 Å². The average molecular weight is 200 g/mol. The fourth-order valence-electron chi connectivity index (χ4n) is 1.51. The number of nitrogen functional groups attached to an aromatic ring is 1. The molecule has 3 aromatic rings. The summed E-state index contributed by atoms with van der Waals surface area (Å²) in [6, 6.07) is 5.57. The number of anilines is 1. The lowest BCUT2D eigenvalue weighted by Gasteiger charge is -1.96. The molecule has 3 rings (SSSR count). The maximum atomic E-state index is 5.72. The molecule has 0 aliphatic heterocycles. The molecule has 15 heavy (non-hydrogen) atoms. The van der Waals surface area contributed by atoms with Gasteiger partial charge >= 0.3 is 0 Å². The van der Waals surface area contributed by atoms with E-state index in [1.165, 1.54) is 0 Å². The van der Waals surface area contributed by atoms with Crippen LogP contribution < -0.4 is 5.73 Å². The van der Waals surface area contributed by atoms with Crippen molar-refractivity contribution in [2.45, 2.75) is 0 Å². The van der Waals surface area contributed by atoms with Gasteiger partial charge in [-0.05, 0) is 18.2 Å². The number of benzene rings is 1. The van der Waals surface area contributed by atoms with E-state index >= 15 is 0 Å². The molecule has 1 aromatic carbocycles. The third kappa shape index (κ3) is 1.15. The lowest BCUT2D eigenvalue weighted by molar-refractivity contribution is 0.780. The minimum absolute atomic E-state index is 0.699. The van der Waals surface area contributed by atoms with E-state index in [1.54, 1.807) is 17.1 Å². The molecule has 6 nitrogen and oxygen atoms in total. The summed E-state index contributed by atoms with van der Waals surface area (Å²) in [4.78, 5) is 0. The van der Waals surface area contributed by atoms with Crippen LogP contribution in [0.25, 0.3) is 16.7 Å². The van der Waals surface area contributed by atoms with Gasteiger partial charge < -0.3 is 5.73 Å². The Kier molecular flexibility index (Phi) is 1.49. The van der Waals surface area contributed by atoms with Crippen LogP contribution in [0.3, 0.4) is 0 Å². The van der Waals surface area contributed by atoms with Gasteiger partial charge in [0, 0.05) is 11.1 Å². The lowest BCUT2D eigenvalue weighted by Crippen LogP contribution is -1.96. The fraction of sp³-hybridized carbons (Fsp3) is 0. The number of aromatic nitrogens is 5. The zero-order chi connectivity index (χ0) is 10.3. The highest BCUT2D eigenvalue weighted by Gasteiger charge is 2.07. The highest BCUT2D eigenvalue weighted by molar-refractivity contribution is 5.88. The van der Waals surface area contributed by atoms with Gasteiger partial charge in [-0.25, -0.2) is 0 Å². The Morgan fingerprint density at radius 3 is 3.07 bits per heavy atom. The van der Waals surface area contributed by atoms with Gasteiger partial charge in [-0.1, -0.05) is 5.21 Å². The topological polar surface area (TPSA) is 85.4 Å². The standard InChI is InChI=1S/C9H8N6/c10-6-1-2-8-7(5-6)9(13-12-8)15-4-3-11-14-15/h1-5H,10H2,(H,12,13). The highest BCUT2D eigenvalue weighted by atomic mass is 15.4. The molecule has 2 aromatic heterocycles. The van der Waals surface area contributed by atoms with E-state index < -0.39 is 0 Å². The molecule has 0 aliphatic rings. The molecule has 74 valence electrons. The van der Waals surface area contributed by atoms with Crippen LogP contribution in [0.4, 0.5) is 5.69 Å². The molecule has 0 saturated carbocycles. The van der Waals surface area contributed by atoms with E-state index in [2.05, 4.69) is 20.5 Å². The maximum Gasteiger partial charge on any atom is 0.184 e. The van der Waals surface area contributed by atoms with E-state index in [1.807, 2.05) is 18.2 Å². The monoisotopic (exact) mass is 200 g/mol.